The van der Waals surface area contributed by atoms with Gasteiger partial charge in [0.15, 0.2) is 0 Å². The largest absolute Gasteiger partial charge is 0.494 e. The Morgan fingerprint density at radius 2 is 1.71 bits per heavy atom. The minimum absolute atomic E-state index is 0.109. The van der Waals surface area contributed by atoms with Crippen molar-refractivity contribution in [3.8, 4) is 23.0 Å². The number of urea groups is 1. The first-order valence-electron chi connectivity index (χ1n) is 11.8. The Morgan fingerprint density at radius 1 is 1.00 bits per heavy atom. The molecule has 1 fully saturated rings. The standard InChI is InChI=1S/C26H32N4O4/c1-4-32-21-12-10-20(11-13-21)25-27-23(19(3)34-25)18-29-14-16-30(17-15-29)26(31)28-22-8-6-7-9-24(22)33-5-2/h6-13H,4-5,14-18H2,1-3H3,(H,28,31). The van der Waals surface area contributed by atoms with Crippen LogP contribution in [-0.4, -0.2) is 60.2 Å². The molecule has 2 aromatic carbocycles. The van der Waals surface area contributed by atoms with E-state index in [1.54, 1.807) is 0 Å². The van der Waals surface area contributed by atoms with Crippen LogP contribution >= 0.6 is 0 Å². The molecule has 8 heteroatoms. The molecule has 2 amide bonds. The molecule has 4 rings (SSSR count). The lowest BCUT2D eigenvalue weighted by Crippen LogP contribution is -2.49. The molecule has 0 unspecified atom stereocenters. The van der Waals surface area contributed by atoms with Crippen molar-refractivity contribution in [3.05, 3.63) is 60.0 Å². The topological polar surface area (TPSA) is 80.1 Å². The quantitative estimate of drug-likeness (QED) is 0.516. The molecule has 180 valence electrons. The van der Waals surface area contributed by atoms with E-state index in [4.69, 9.17) is 18.9 Å². The highest BCUT2D eigenvalue weighted by molar-refractivity contribution is 5.91. The number of amides is 2. The number of carbonyl (C=O) groups is 1. The number of aryl methyl sites for hydroxylation is 1. The molecule has 0 atom stereocenters. The third-order valence-electron chi connectivity index (χ3n) is 5.77. The number of para-hydroxylation sites is 2. The van der Waals surface area contributed by atoms with Crippen molar-refractivity contribution in [1.29, 1.82) is 0 Å². The second-order valence-electron chi connectivity index (χ2n) is 8.10. The second kappa shape index (κ2) is 11.1. The summed E-state index contributed by atoms with van der Waals surface area (Å²) in [6.45, 7) is 10.5. The number of piperazine rings is 1. The average Bonchev–Trinajstić information content (AvgIpc) is 3.21. The molecule has 1 N–H and O–H groups in total. The van der Waals surface area contributed by atoms with Gasteiger partial charge in [-0.25, -0.2) is 9.78 Å². The number of rotatable bonds is 8. The first kappa shape index (κ1) is 23.6. The fraction of sp³-hybridized carbons (Fsp3) is 0.385. The Hall–Kier alpha value is -3.52. The van der Waals surface area contributed by atoms with Crippen molar-refractivity contribution in [2.24, 2.45) is 0 Å². The summed E-state index contributed by atoms with van der Waals surface area (Å²) in [5.41, 5.74) is 2.54. The van der Waals surface area contributed by atoms with Gasteiger partial charge in [0.05, 0.1) is 24.6 Å². The Morgan fingerprint density at radius 3 is 2.41 bits per heavy atom. The van der Waals surface area contributed by atoms with Gasteiger partial charge in [0.1, 0.15) is 17.3 Å². The van der Waals surface area contributed by atoms with Crippen molar-refractivity contribution in [2.45, 2.75) is 27.3 Å². The molecule has 0 spiro atoms. The third-order valence-corrected chi connectivity index (χ3v) is 5.77. The molecule has 0 bridgehead atoms. The van der Waals surface area contributed by atoms with Crippen molar-refractivity contribution >= 4 is 11.7 Å². The highest BCUT2D eigenvalue weighted by Crippen LogP contribution is 2.26. The lowest BCUT2D eigenvalue weighted by molar-refractivity contribution is 0.141. The predicted octanol–water partition coefficient (Wildman–Crippen LogP) is 4.80. The van der Waals surface area contributed by atoms with Crippen molar-refractivity contribution < 1.29 is 18.7 Å². The van der Waals surface area contributed by atoms with Crippen LogP contribution in [-0.2, 0) is 6.54 Å². The molecule has 34 heavy (non-hydrogen) atoms. The highest BCUT2D eigenvalue weighted by Gasteiger charge is 2.23. The summed E-state index contributed by atoms with van der Waals surface area (Å²) in [4.78, 5) is 21.6. The molecular weight excluding hydrogens is 432 g/mol. The van der Waals surface area contributed by atoms with E-state index in [-0.39, 0.29) is 6.03 Å². The maximum atomic E-state index is 12.8. The van der Waals surface area contributed by atoms with Crippen LogP contribution in [0.2, 0.25) is 0 Å². The summed E-state index contributed by atoms with van der Waals surface area (Å²) in [6.07, 6.45) is 0. The van der Waals surface area contributed by atoms with Crippen LogP contribution in [0.5, 0.6) is 11.5 Å². The fourth-order valence-electron chi connectivity index (χ4n) is 3.93. The molecule has 1 aliphatic rings. The Kier molecular flexibility index (Phi) is 7.69. The molecule has 0 aliphatic carbocycles. The molecule has 2 heterocycles. The van der Waals surface area contributed by atoms with E-state index in [1.165, 1.54) is 0 Å². The summed E-state index contributed by atoms with van der Waals surface area (Å²) in [5.74, 6) is 2.94. The number of oxazole rings is 1. The molecule has 1 aliphatic heterocycles. The summed E-state index contributed by atoms with van der Waals surface area (Å²) < 4.78 is 17.0. The Balaban J connectivity index is 1.31. The van der Waals surface area contributed by atoms with Crippen LogP contribution < -0.4 is 14.8 Å². The summed E-state index contributed by atoms with van der Waals surface area (Å²) in [5, 5.41) is 2.98. The first-order valence-corrected chi connectivity index (χ1v) is 11.8. The van der Waals surface area contributed by atoms with E-state index in [2.05, 4.69) is 10.2 Å². The minimum atomic E-state index is -0.109. The molecule has 8 nitrogen and oxygen atoms in total. The Bertz CT molecular complexity index is 1090. The monoisotopic (exact) mass is 464 g/mol. The predicted molar refractivity (Wildman–Crippen MR) is 131 cm³/mol. The van der Waals surface area contributed by atoms with Crippen LogP contribution in [0.15, 0.2) is 52.9 Å². The number of nitrogens with zero attached hydrogens (tertiary/aromatic N) is 3. The maximum absolute atomic E-state index is 12.8. The van der Waals surface area contributed by atoms with Gasteiger partial charge in [-0.15, -0.1) is 0 Å². The van der Waals surface area contributed by atoms with Crippen LogP contribution in [0.1, 0.15) is 25.3 Å². The van der Waals surface area contributed by atoms with Crippen LogP contribution in [0.3, 0.4) is 0 Å². The van der Waals surface area contributed by atoms with Crippen molar-refractivity contribution in [3.63, 3.8) is 0 Å². The fourth-order valence-corrected chi connectivity index (χ4v) is 3.93. The zero-order valence-electron chi connectivity index (χ0n) is 20.0. The number of aromatic nitrogens is 1. The number of ether oxygens (including phenoxy) is 2. The number of hydrogen-bond donors (Lipinski definition) is 1. The summed E-state index contributed by atoms with van der Waals surface area (Å²) in [7, 11) is 0. The smallest absolute Gasteiger partial charge is 0.322 e. The minimum Gasteiger partial charge on any atom is -0.494 e. The van der Waals surface area contributed by atoms with E-state index in [0.717, 1.165) is 35.9 Å². The van der Waals surface area contributed by atoms with Gasteiger partial charge in [-0.3, -0.25) is 4.90 Å². The summed E-state index contributed by atoms with van der Waals surface area (Å²) in [6, 6.07) is 15.2. The van der Waals surface area contributed by atoms with Gasteiger partial charge >= 0.3 is 6.03 Å². The van der Waals surface area contributed by atoms with Gasteiger partial charge in [-0.1, -0.05) is 12.1 Å². The molecule has 0 radical (unpaired) electrons. The SMILES string of the molecule is CCOc1ccc(-c2nc(CN3CCN(C(=O)Nc4ccccc4OCC)CC3)c(C)o2)cc1. The van der Waals surface area contributed by atoms with E-state index in [9.17, 15) is 4.79 Å². The lowest BCUT2D eigenvalue weighted by Gasteiger charge is -2.34. The van der Waals surface area contributed by atoms with Gasteiger partial charge < -0.3 is 24.1 Å². The average molecular weight is 465 g/mol. The molecular formula is C26H32N4O4. The van der Waals surface area contributed by atoms with Crippen LogP contribution in [0, 0.1) is 6.92 Å². The highest BCUT2D eigenvalue weighted by atomic mass is 16.5. The first-order chi connectivity index (χ1) is 16.6. The van der Waals surface area contributed by atoms with Crippen molar-refractivity contribution in [2.75, 3.05) is 44.7 Å². The second-order valence-corrected chi connectivity index (χ2v) is 8.10. The van der Waals surface area contributed by atoms with Crippen LogP contribution in [0.4, 0.5) is 10.5 Å². The molecule has 1 aromatic heterocycles. The number of benzene rings is 2. The van der Waals surface area contributed by atoms with Crippen LogP contribution in [0.25, 0.3) is 11.5 Å². The normalized spacial score (nSPS) is 14.1. The molecule has 1 saturated heterocycles. The van der Waals surface area contributed by atoms with Gasteiger partial charge in [0, 0.05) is 38.3 Å². The Labute approximate surface area is 200 Å². The maximum Gasteiger partial charge on any atom is 0.322 e. The number of carbonyl (C=O) groups excluding carboxylic acids is 1. The van der Waals surface area contributed by atoms with Gasteiger partial charge in [-0.05, 0) is 57.2 Å². The number of hydrogen-bond acceptors (Lipinski definition) is 6. The molecule has 0 saturated carbocycles. The summed E-state index contributed by atoms with van der Waals surface area (Å²) >= 11 is 0. The zero-order chi connectivity index (χ0) is 23.9. The van der Waals surface area contributed by atoms with E-state index >= 15 is 0 Å². The van der Waals surface area contributed by atoms with Crippen molar-refractivity contribution in [1.82, 2.24) is 14.8 Å². The van der Waals surface area contributed by atoms with Gasteiger partial charge in [0.25, 0.3) is 0 Å². The van der Waals surface area contributed by atoms with Gasteiger partial charge in [0.2, 0.25) is 5.89 Å². The molecule has 3 aromatic rings. The lowest BCUT2D eigenvalue weighted by atomic mass is 10.2. The van der Waals surface area contributed by atoms with E-state index in [0.29, 0.717) is 50.2 Å². The number of anilines is 1. The van der Waals surface area contributed by atoms with E-state index in [1.807, 2.05) is 74.2 Å². The van der Waals surface area contributed by atoms with E-state index < -0.39 is 0 Å². The van der Waals surface area contributed by atoms with Gasteiger partial charge in [-0.2, -0.15) is 0 Å². The third kappa shape index (κ3) is 5.69. The number of nitrogens with one attached hydrogen (secondary N) is 1. The zero-order valence-corrected chi connectivity index (χ0v) is 20.0.